The molecule has 0 amide bonds. The van der Waals surface area contributed by atoms with Crippen molar-refractivity contribution in [3.8, 4) is 5.75 Å². The number of halogens is 2. The van der Waals surface area contributed by atoms with Gasteiger partial charge in [-0.05, 0) is 18.2 Å². The number of esters is 1. The second-order valence-electron chi connectivity index (χ2n) is 2.77. The van der Waals surface area contributed by atoms with Gasteiger partial charge in [-0.15, -0.1) is 0 Å². The van der Waals surface area contributed by atoms with E-state index in [1.807, 2.05) is 0 Å². The smallest absolute Gasteiger partial charge is 0.345 e. The topological polar surface area (TPSA) is 35.5 Å². The Bertz CT molecular complexity index is 366. The number of alkyl halides is 1. The van der Waals surface area contributed by atoms with Gasteiger partial charge in [-0.2, -0.15) is 0 Å². The highest BCUT2D eigenvalue weighted by Crippen LogP contribution is 2.29. The molecule has 1 atom stereocenters. The lowest BCUT2D eigenvalue weighted by molar-refractivity contribution is -0.146. The molecule has 0 aliphatic rings. The highest BCUT2D eigenvalue weighted by molar-refractivity contribution is 5.77. The van der Waals surface area contributed by atoms with E-state index in [2.05, 4.69) is 4.74 Å². The van der Waals surface area contributed by atoms with Gasteiger partial charge in [0, 0.05) is 5.56 Å². The maximum Gasteiger partial charge on any atom is 0.345 e. The minimum Gasteiger partial charge on any atom is -0.496 e. The lowest BCUT2D eigenvalue weighted by Gasteiger charge is -2.10. The van der Waals surface area contributed by atoms with Gasteiger partial charge in [-0.25, -0.2) is 13.6 Å². The van der Waals surface area contributed by atoms with E-state index in [4.69, 9.17) is 4.74 Å². The Morgan fingerprint density at radius 2 is 2.07 bits per heavy atom. The van der Waals surface area contributed by atoms with Crippen molar-refractivity contribution < 1.29 is 23.0 Å². The van der Waals surface area contributed by atoms with Gasteiger partial charge in [0.15, 0.2) is 0 Å². The third-order valence-electron chi connectivity index (χ3n) is 1.87. The van der Waals surface area contributed by atoms with Crippen molar-refractivity contribution in [1.29, 1.82) is 0 Å². The van der Waals surface area contributed by atoms with Gasteiger partial charge < -0.3 is 9.47 Å². The molecule has 1 aromatic rings. The normalized spacial score (nSPS) is 12.0. The van der Waals surface area contributed by atoms with Gasteiger partial charge >= 0.3 is 5.97 Å². The molecule has 0 fully saturated rings. The van der Waals surface area contributed by atoms with Crippen LogP contribution in [0.1, 0.15) is 11.7 Å². The zero-order chi connectivity index (χ0) is 11.4. The number of rotatable bonds is 3. The molecule has 15 heavy (non-hydrogen) atoms. The van der Waals surface area contributed by atoms with E-state index in [1.165, 1.54) is 13.2 Å². The molecule has 1 unspecified atom stereocenters. The maximum atomic E-state index is 13.4. The van der Waals surface area contributed by atoms with Crippen LogP contribution in [0, 0.1) is 5.82 Å². The minimum atomic E-state index is -2.04. The van der Waals surface area contributed by atoms with Crippen LogP contribution < -0.4 is 4.74 Å². The lowest BCUT2D eigenvalue weighted by Crippen LogP contribution is -2.11. The molecular weight excluding hydrogens is 206 g/mol. The largest absolute Gasteiger partial charge is 0.496 e. The van der Waals surface area contributed by atoms with E-state index in [9.17, 15) is 13.6 Å². The SMILES string of the molecule is COC(=O)C(F)c1cc(F)ccc1OC. The van der Waals surface area contributed by atoms with Gasteiger partial charge in [-0.1, -0.05) is 0 Å². The Morgan fingerprint density at radius 3 is 2.60 bits per heavy atom. The molecular formula is C10H10F2O3. The van der Waals surface area contributed by atoms with Crippen LogP contribution in [-0.4, -0.2) is 20.2 Å². The molecule has 0 aliphatic carbocycles. The molecule has 0 bridgehead atoms. The van der Waals surface area contributed by atoms with E-state index in [-0.39, 0.29) is 11.3 Å². The third kappa shape index (κ3) is 2.43. The van der Waals surface area contributed by atoms with Crippen LogP contribution in [0.3, 0.4) is 0 Å². The quantitative estimate of drug-likeness (QED) is 0.725. The van der Waals surface area contributed by atoms with Crippen LogP contribution in [0.2, 0.25) is 0 Å². The monoisotopic (exact) mass is 216 g/mol. The van der Waals surface area contributed by atoms with Crippen LogP contribution in [0.15, 0.2) is 18.2 Å². The summed E-state index contributed by atoms with van der Waals surface area (Å²) >= 11 is 0. The molecule has 0 N–H and O–H groups in total. The van der Waals surface area contributed by atoms with Crippen LogP contribution in [0.4, 0.5) is 8.78 Å². The predicted molar refractivity (Wildman–Crippen MR) is 48.8 cm³/mol. The van der Waals surface area contributed by atoms with Crippen LogP contribution >= 0.6 is 0 Å². The fraction of sp³-hybridized carbons (Fsp3) is 0.300. The molecule has 0 saturated carbocycles. The Hall–Kier alpha value is -1.65. The summed E-state index contributed by atoms with van der Waals surface area (Å²) in [7, 11) is 2.36. The first-order valence-corrected chi connectivity index (χ1v) is 4.15. The van der Waals surface area contributed by atoms with Crippen LogP contribution in [-0.2, 0) is 9.53 Å². The van der Waals surface area contributed by atoms with Crippen molar-refractivity contribution in [2.75, 3.05) is 14.2 Å². The fourth-order valence-corrected chi connectivity index (χ4v) is 1.13. The summed E-state index contributed by atoms with van der Waals surface area (Å²) in [4.78, 5) is 10.9. The van der Waals surface area contributed by atoms with Crippen molar-refractivity contribution in [2.24, 2.45) is 0 Å². The lowest BCUT2D eigenvalue weighted by atomic mass is 10.1. The molecule has 0 heterocycles. The molecule has 1 rings (SSSR count). The first-order chi connectivity index (χ1) is 7.10. The van der Waals surface area contributed by atoms with E-state index in [0.717, 1.165) is 19.2 Å². The van der Waals surface area contributed by atoms with Crippen molar-refractivity contribution in [2.45, 2.75) is 6.17 Å². The summed E-state index contributed by atoms with van der Waals surface area (Å²) in [6.45, 7) is 0. The standard InChI is InChI=1S/C10H10F2O3/c1-14-8-4-3-6(11)5-7(8)9(12)10(13)15-2/h3-5,9H,1-2H3. The molecule has 0 spiro atoms. The molecule has 0 aliphatic heterocycles. The number of hydrogen-bond acceptors (Lipinski definition) is 3. The summed E-state index contributed by atoms with van der Waals surface area (Å²) in [6.07, 6.45) is -2.04. The van der Waals surface area contributed by atoms with Crippen LogP contribution in [0.25, 0.3) is 0 Å². The zero-order valence-electron chi connectivity index (χ0n) is 8.29. The zero-order valence-corrected chi connectivity index (χ0v) is 8.29. The summed E-state index contributed by atoms with van der Waals surface area (Å²) in [5, 5.41) is 0. The Kier molecular flexibility index (Phi) is 3.60. The van der Waals surface area contributed by atoms with Crippen molar-refractivity contribution in [3.05, 3.63) is 29.6 Å². The Balaban J connectivity index is 3.10. The molecule has 5 heteroatoms. The van der Waals surface area contributed by atoms with Crippen LogP contribution in [0.5, 0.6) is 5.75 Å². The average molecular weight is 216 g/mol. The molecule has 0 aromatic heterocycles. The second kappa shape index (κ2) is 4.72. The van der Waals surface area contributed by atoms with Gasteiger partial charge in [-0.3, -0.25) is 0 Å². The predicted octanol–water partition coefficient (Wildman–Crippen LogP) is 2.02. The fourth-order valence-electron chi connectivity index (χ4n) is 1.13. The summed E-state index contributed by atoms with van der Waals surface area (Å²) in [5.74, 6) is -1.62. The first-order valence-electron chi connectivity index (χ1n) is 4.15. The molecule has 82 valence electrons. The maximum absolute atomic E-state index is 13.4. The highest BCUT2D eigenvalue weighted by atomic mass is 19.1. The van der Waals surface area contributed by atoms with E-state index >= 15 is 0 Å². The number of benzene rings is 1. The molecule has 1 aromatic carbocycles. The number of ether oxygens (including phenoxy) is 2. The van der Waals surface area contributed by atoms with Crippen molar-refractivity contribution >= 4 is 5.97 Å². The Labute approximate surface area is 85.6 Å². The highest BCUT2D eigenvalue weighted by Gasteiger charge is 2.24. The molecule has 0 radical (unpaired) electrons. The van der Waals surface area contributed by atoms with Gasteiger partial charge in [0.2, 0.25) is 6.17 Å². The second-order valence-corrected chi connectivity index (χ2v) is 2.77. The average Bonchev–Trinajstić information content (AvgIpc) is 2.27. The van der Waals surface area contributed by atoms with E-state index in [0.29, 0.717) is 0 Å². The Morgan fingerprint density at radius 1 is 1.40 bits per heavy atom. The van der Waals surface area contributed by atoms with Gasteiger partial charge in [0.05, 0.1) is 14.2 Å². The van der Waals surface area contributed by atoms with Crippen molar-refractivity contribution in [1.82, 2.24) is 0 Å². The number of carbonyl (C=O) groups excluding carboxylic acids is 1. The minimum absolute atomic E-state index is 0.106. The molecule has 0 saturated heterocycles. The van der Waals surface area contributed by atoms with E-state index < -0.39 is 18.0 Å². The molecule has 3 nitrogen and oxygen atoms in total. The van der Waals surface area contributed by atoms with Gasteiger partial charge in [0.25, 0.3) is 0 Å². The summed E-state index contributed by atoms with van der Waals surface area (Å²) in [5.41, 5.74) is -0.177. The third-order valence-corrected chi connectivity index (χ3v) is 1.87. The van der Waals surface area contributed by atoms with Crippen molar-refractivity contribution in [3.63, 3.8) is 0 Å². The number of hydrogen-bond donors (Lipinski definition) is 0. The number of carbonyl (C=O) groups is 1. The summed E-state index contributed by atoms with van der Waals surface area (Å²) in [6, 6.07) is 3.27. The van der Waals surface area contributed by atoms with E-state index in [1.54, 1.807) is 0 Å². The first kappa shape index (κ1) is 11.4. The summed E-state index contributed by atoms with van der Waals surface area (Å²) < 4.78 is 35.3. The number of methoxy groups -OCH3 is 2. The van der Waals surface area contributed by atoms with Gasteiger partial charge in [0.1, 0.15) is 11.6 Å².